The summed E-state index contributed by atoms with van der Waals surface area (Å²) in [7, 11) is 0. The first-order valence-corrected chi connectivity index (χ1v) is 7.43. The minimum Gasteiger partial charge on any atom is -0.449 e. The topological polar surface area (TPSA) is 79.2 Å². The molecular formula is C19H15FN2O3. The number of halogens is 1. The number of hydrogen-bond donors (Lipinski definition) is 1. The van der Waals surface area contributed by atoms with E-state index in [-0.39, 0.29) is 5.82 Å². The number of carbonyl (C=O) groups is 2. The van der Waals surface area contributed by atoms with E-state index in [1.54, 1.807) is 18.2 Å². The van der Waals surface area contributed by atoms with Crippen LogP contribution < -0.4 is 5.32 Å². The minimum absolute atomic E-state index is 0.370. The van der Waals surface area contributed by atoms with Gasteiger partial charge in [-0.3, -0.25) is 4.79 Å². The molecule has 0 spiro atoms. The average molecular weight is 338 g/mol. The van der Waals surface area contributed by atoms with E-state index in [0.29, 0.717) is 16.8 Å². The van der Waals surface area contributed by atoms with Crippen LogP contribution in [0.15, 0.2) is 54.6 Å². The van der Waals surface area contributed by atoms with Crippen molar-refractivity contribution in [3.8, 4) is 6.07 Å². The maximum absolute atomic E-state index is 12.8. The third kappa shape index (κ3) is 5.59. The van der Waals surface area contributed by atoms with Gasteiger partial charge in [-0.05, 0) is 48.9 Å². The van der Waals surface area contributed by atoms with Crippen molar-refractivity contribution in [1.82, 2.24) is 0 Å². The van der Waals surface area contributed by atoms with Crippen LogP contribution in [0.25, 0.3) is 6.08 Å². The summed E-state index contributed by atoms with van der Waals surface area (Å²) >= 11 is 0. The Hall–Kier alpha value is -3.46. The molecule has 2 aromatic rings. The average Bonchev–Trinajstić information content (AvgIpc) is 2.61. The van der Waals surface area contributed by atoms with E-state index in [1.165, 1.54) is 43.3 Å². The highest BCUT2D eigenvalue weighted by molar-refractivity contribution is 5.96. The molecule has 1 unspecified atom stereocenters. The zero-order chi connectivity index (χ0) is 18.2. The van der Waals surface area contributed by atoms with Gasteiger partial charge in [0.1, 0.15) is 5.82 Å². The molecule has 0 aliphatic carbocycles. The lowest BCUT2D eigenvalue weighted by Crippen LogP contribution is -2.29. The molecule has 126 valence electrons. The van der Waals surface area contributed by atoms with Crippen molar-refractivity contribution in [2.45, 2.75) is 13.0 Å². The molecule has 0 saturated heterocycles. The van der Waals surface area contributed by atoms with Gasteiger partial charge in [-0.15, -0.1) is 0 Å². The zero-order valence-corrected chi connectivity index (χ0v) is 13.4. The van der Waals surface area contributed by atoms with E-state index in [0.717, 1.165) is 6.08 Å². The lowest BCUT2D eigenvalue weighted by molar-refractivity contribution is -0.148. The van der Waals surface area contributed by atoms with E-state index in [4.69, 9.17) is 10.00 Å². The van der Waals surface area contributed by atoms with Gasteiger partial charge in [0.05, 0.1) is 11.6 Å². The lowest BCUT2D eigenvalue weighted by Gasteiger charge is -2.12. The number of nitrogens with zero attached hydrogens (tertiary/aromatic N) is 1. The Kier molecular flexibility index (Phi) is 6.02. The second-order valence-corrected chi connectivity index (χ2v) is 5.15. The Labute approximate surface area is 144 Å². The molecule has 0 heterocycles. The van der Waals surface area contributed by atoms with Gasteiger partial charge >= 0.3 is 5.97 Å². The number of amides is 1. The molecule has 1 N–H and O–H groups in total. The van der Waals surface area contributed by atoms with Crippen molar-refractivity contribution in [2.24, 2.45) is 0 Å². The maximum Gasteiger partial charge on any atom is 0.331 e. The van der Waals surface area contributed by atoms with Crippen molar-refractivity contribution in [3.05, 3.63) is 71.6 Å². The molecule has 0 bridgehead atoms. The fourth-order valence-electron chi connectivity index (χ4n) is 1.92. The number of esters is 1. The Balaban J connectivity index is 1.90. The molecule has 0 radical (unpaired) electrons. The third-order valence-corrected chi connectivity index (χ3v) is 3.20. The SMILES string of the molecule is CC(OC(=O)/C=C/c1ccc(F)cc1)C(=O)Nc1cccc(C#N)c1. The summed E-state index contributed by atoms with van der Waals surface area (Å²) in [5.74, 6) is -1.58. The second-order valence-electron chi connectivity index (χ2n) is 5.15. The van der Waals surface area contributed by atoms with Gasteiger partial charge in [0.2, 0.25) is 0 Å². The highest BCUT2D eigenvalue weighted by atomic mass is 19.1. The van der Waals surface area contributed by atoms with Gasteiger partial charge in [-0.25, -0.2) is 9.18 Å². The van der Waals surface area contributed by atoms with Gasteiger partial charge in [0.15, 0.2) is 6.10 Å². The van der Waals surface area contributed by atoms with Crippen LogP contribution in [0.2, 0.25) is 0 Å². The molecule has 2 rings (SSSR count). The van der Waals surface area contributed by atoms with Crippen molar-refractivity contribution >= 4 is 23.6 Å². The number of carbonyl (C=O) groups excluding carboxylic acids is 2. The smallest absolute Gasteiger partial charge is 0.331 e. The van der Waals surface area contributed by atoms with E-state index in [9.17, 15) is 14.0 Å². The van der Waals surface area contributed by atoms with Crippen molar-refractivity contribution in [1.29, 1.82) is 5.26 Å². The van der Waals surface area contributed by atoms with Crippen LogP contribution in [0.1, 0.15) is 18.1 Å². The van der Waals surface area contributed by atoms with Crippen molar-refractivity contribution < 1.29 is 18.7 Å². The molecule has 6 heteroatoms. The second kappa shape index (κ2) is 8.41. The Bertz CT molecular complexity index is 838. The molecule has 0 aromatic heterocycles. The summed E-state index contributed by atoms with van der Waals surface area (Å²) in [6.07, 6.45) is 1.60. The van der Waals surface area contributed by atoms with Gasteiger partial charge in [0, 0.05) is 11.8 Å². The highest BCUT2D eigenvalue weighted by Crippen LogP contribution is 2.11. The number of ether oxygens (including phenoxy) is 1. The minimum atomic E-state index is -1.02. The van der Waals surface area contributed by atoms with E-state index >= 15 is 0 Å². The van der Waals surface area contributed by atoms with Crippen LogP contribution in [-0.4, -0.2) is 18.0 Å². The number of benzene rings is 2. The quantitative estimate of drug-likeness (QED) is 0.670. The molecule has 0 saturated carbocycles. The maximum atomic E-state index is 12.8. The largest absolute Gasteiger partial charge is 0.449 e. The molecule has 1 amide bonds. The molecule has 1 atom stereocenters. The number of nitrogens with one attached hydrogen (secondary N) is 1. The Morgan fingerprint density at radius 1 is 1.24 bits per heavy atom. The summed E-state index contributed by atoms with van der Waals surface area (Å²) in [6, 6.07) is 13.9. The standard InChI is InChI=1S/C19H15FN2O3/c1-13(19(24)22-17-4-2-3-15(11-17)12-21)25-18(23)10-7-14-5-8-16(20)9-6-14/h2-11,13H,1H3,(H,22,24)/b10-7+. The van der Waals surface area contributed by atoms with E-state index < -0.39 is 18.0 Å². The van der Waals surface area contributed by atoms with Crippen LogP contribution in [0.4, 0.5) is 10.1 Å². The van der Waals surface area contributed by atoms with Gasteiger partial charge < -0.3 is 10.1 Å². The summed E-state index contributed by atoms with van der Waals surface area (Å²) in [4.78, 5) is 23.8. The fraction of sp³-hybridized carbons (Fsp3) is 0.105. The van der Waals surface area contributed by atoms with E-state index in [2.05, 4.69) is 5.32 Å². The van der Waals surface area contributed by atoms with Gasteiger partial charge in [-0.2, -0.15) is 5.26 Å². The molecule has 25 heavy (non-hydrogen) atoms. The van der Waals surface area contributed by atoms with Gasteiger partial charge in [0.25, 0.3) is 5.91 Å². The Morgan fingerprint density at radius 3 is 2.64 bits per heavy atom. The van der Waals surface area contributed by atoms with Crippen LogP contribution >= 0.6 is 0 Å². The first-order valence-electron chi connectivity index (χ1n) is 7.43. The predicted molar refractivity (Wildman–Crippen MR) is 90.8 cm³/mol. The van der Waals surface area contributed by atoms with Crippen molar-refractivity contribution in [2.75, 3.05) is 5.32 Å². The molecule has 0 aliphatic heterocycles. The molecule has 0 aliphatic rings. The van der Waals surface area contributed by atoms with Crippen LogP contribution in [0.5, 0.6) is 0 Å². The van der Waals surface area contributed by atoms with Crippen LogP contribution in [-0.2, 0) is 14.3 Å². The third-order valence-electron chi connectivity index (χ3n) is 3.20. The summed E-state index contributed by atoms with van der Waals surface area (Å²) in [6.45, 7) is 1.44. The molecule has 5 nitrogen and oxygen atoms in total. The first-order chi connectivity index (χ1) is 12.0. The molecular weight excluding hydrogens is 323 g/mol. The summed E-state index contributed by atoms with van der Waals surface area (Å²) < 4.78 is 17.8. The van der Waals surface area contributed by atoms with Crippen LogP contribution in [0.3, 0.4) is 0 Å². The van der Waals surface area contributed by atoms with Crippen LogP contribution in [0, 0.1) is 17.1 Å². The molecule has 2 aromatic carbocycles. The predicted octanol–water partition coefficient (Wildman–Crippen LogP) is 3.28. The fourth-order valence-corrected chi connectivity index (χ4v) is 1.92. The zero-order valence-electron chi connectivity index (χ0n) is 13.4. The van der Waals surface area contributed by atoms with Gasteiger partial charge in [-0.1, -0.05) is 18.2 Å². The summed E-state index contributed by atoms with van der Waals surface area (Å²) in [5, 5.41) is 11.4. The number of anilines is 1. The number of rotatable bonds is 5. The number of nitriles is 1. The highest BCUT2D eigenvalue weighted by Gasteiger charge is 2.16. The molecule has 0 fully saturated rings. The normalized spacial score (nSPS) is 11.6. The van der Waals surface area contributed by atoms with Crippen molar-refractivity contribution in [3.63, 3.8) is 0 Å². The number of hydrogen-bond acceptors (Lipinski definition) is 4. The summed E-state index contributed by atoms with van der Waals surface area (Å²) in [5.41, 5.74) is 1.47. The lowest BCUT2D eigenvalue weighted by atomic mass is 10.2. The van der Waals surface area contributed by atoms with E-state index in [1.807, 2.05) is 6.07 Å². The first kappa shape index (κ1) is 17.9. The Morgan fingerprint density at radius 2 is 1.96 bits per heavy atom. The monoisotopic (exact) mass is 338 g/mol.